The third-order valence-electron chi connectivity index (χ3n) is 4.28. The lowest BCUT2D eigenvalue weighted by Crippen LogP contribution is -2.29. The minimum absolute atomic E-state index is 0.0744. The average Bonchev–Trinajstić information content (AvgIpc) is 3.31. The van der Waals surface area contributed by atoms with Gasteiger partial charge in [0.25, 0.3) is 5.91 Å². The molecule has 3 rings (SSSR count). The summed E-state index contributed by atoms with van der Waals surface area (Å²) in [6.45, 7) is 3.43. The van der Waals surface area contributed by atoms with Gasteiger partial charge in [-0.3, -0.25) is 9.59 Å². The van der Waals surface area contributed by atoms with E-state index in [0.717, 1.165) is 11.3 Å². The summed E-state index contributed by atoms with van der Waals surface area (Å²) in [4.78, 5) is 32.4. The van der Waals surface area contributed by atoms with Crippen LogP contribution < -0.4 is 0 Å². The van der Waals surface area contributed by atoms with Gasteiger partial charge >= 0.3 is 0 Å². The lowest BCUT2D eigenvalue weighted by atomic mass is 10.1. The van der Waals surface area contributed by atoms with Crippen molar-refractivity contribution in [3.63, 3.8) is 0 Å². The van der Waals surface area contributed by atoms with E-state index < -0.39 is 0 Å². The molecule has 0 radical (unpaired) electrons. The summed E-state index contributed by atoms with van der Waals surface area (Å²) < 4.78 is 1.67. The Morgan fingerprint density at radius 3 is 2.52 bits per heavy atom. The summed E-state index contributed by atoms with van der Waals surface area (Å²) in [5.41, 5.74) is 2.80. The van der Waals surface area contributed by atoms with Crippen LogP contribution in [0.15, 0.2) is 49.2 Å². The van der Waals surface area contributed by atoms with Crippen LogP contribution in [0.2, 0.25) is 0 Å². The van der Waals surface area contributed by atoms with Crippen molar-refractivity contribution in [3.05, 3.63) is 66.0 Å². The number of nitrogens with zero attached hydrogens (tertiary/aromatic N) is 4. The fourth-order valence-electron chi connectivity index (χ4n) is 2.56. The van der Waals surface area contributed by atoms with Crippen LogP contribution in [0.4, 0.5) is 0 Å². The molecule has 0 fully saturated rings. The van der Waals surface area contributed by atoms with Crippen molar-refractivity contribution >= 4 is 11.7 Å². The van der Waals surface area contributed by atoms with Crippen LogP contribution in [0.3, 0.4) is 0 Å². The first-order chi connectivity index (χ1) is 12.0. The van der Waals surface area contributed by atoms with Gasteiger partial charge in [-0.05, 0) is 37.6 Å². The van der Waals surface area contributed by atoms with E-state index in [1.54, 1.807) is 35.2 Å². The number of aromatic amines is 1. The molecule has 1 amide bonds. The molecule has 2 heterocycles. The largest absolute Gasteiger partial charge is 0.356 e. The van der Waals surface area contributed by atoms with Crippen LogP contribution in [-0.2, 0) is 0 Å². The molecule has 0 aliphatic heterocycles. The number of carbonyl (C=O) groups excluding carboxylic acids is 2. The lowest BCUT2D eigenvalue weighted by Gasteiger charge is -2.25. The van der Waals surface area contributed by atoms with Crippen molar-refractivity contribution in [2.75, 3.05) is 7.05 Å². The van der Waals surface area contributed by atoms with Gasteiger partial charge in [-0.1, -0.05) is 12.1 Å². The molecular formula is C18H19N5O2. The van der Waals surface area contributed by atoms with Crippen LogP contribution in [0.25, 0.3) is 5.69 Å². The van der Waals surface area contributed by atoms with Gasteiger partial charge in [0.1, 0.15) is 18.3 Å². The number of carbonyl (C=O) groups is 2. The van der Waals surface area contributed by atoms with E-state index in [-0.39, 0.29) is 17.7 Å². The van der Waals surface area contributed by atoms with Gasteiger partial charge in [-0.2, -0.15) is 5.10 Å². The van der Waals surface area contributed by atoms with Gasteiger partial charge in [0.2, 0.25) is 0 Å². The molecule has 3 aromatic rings. The van der Waals surface area contributed by atoms with Crippen molar-refractivity contribution in [2.24, 2.45) is 0 Å². The first-order valence-corrected chi connectivity index (χ1v) is 7.89. The Kier molecular flexibility index (Phi) is 4.47. The molecule has 128 valence electrons. The Morgan fingerprint density at radius 2 is 1.96 bits per heavy atom. The number of H-pyrrole nitrogens is 1. The quantitative estimate of drug-likeness (QED) is 0.725. The number of amides is 1. The van der Waals surface area contributed by atoms with Crippen molar-refractivity contribution in [3.8, 4) is 5.69 Å². The maximum absolute atomic E-state index is 12.6. The zero-order valence-electron chi connectivity index (χ0n) is 14.3. The summed E-state index contributed by atoms with van der Waals surface area (Å²) >= 11 is 0. The van der Waals surface area contributed by atoms with Gasteiger partial charge in [-0.15, -0.1) is 0 Å². The Bertz CT molecular complexity index is 881. The first-order valence-electron chi connectivity index (χ1n) is 7.89. The van der Waals surface area contributed by atoms with Crippen molar-refractivity contribution in [2.45, 2.75) is 19.9 Å². The summed E-state index contributed by atoms with van der Waals surface area (Å²) in [6, 6.07) is 9.24. The maximum Gasteiger partial charge on any atom is 0.270 e. The molecule has 7 nitrogen and oxygen atoms in total. The second-order valence-electron chi connectivity index (χ2n) is 5.88. The van der Waals surface area contributed by atoms with E-state index in [2.05, 4.69) is 15.1 Å². The molecule has 1 atom stereocenters. The molecule has 0 saturated heterocycles. The van der Waals surface area contributed by atoms with Crippen LogP contribution in [0, 0.1) is 0 Å². The predicted octanol–water partition coefficient (Wildman–Crippen LogP) is 2.63. The zero-order chi connectivity index (χ0) is 18.0. The van der Waals surface area contributed by atoms with E-state index in [1.807, 2.05) is 31.2 Å². The van der Waals surface area contributed by atoms with E-state index >= 15 is 0 Å². The van der Waals surface area contributed by atoms with Gasteiger partial charge in [0.15, 0.2) is 5.78 Å². The van der Waals surface area contributed by atoms with Crippen molar-refractivity contribution in [1.82, 2.24) is 24.6 Å². The molecule has 0 bridgehead atoms. The normalized spacial score (nSPS) is 12.0. The Morgan fingerprint density at radius 1 is 1.24 bits per heavy atom. The summed E-state index contributed by atoms with van der Waals surface area (Å²) in [6.07, 6.45) is 4.67. The highest BCUT2D eigenvalue weighted by molar-refractivity contribution is 5.99. The number of nitrogens with one attached hydrogen (secondary N) is 1. The molecule has 25 heavy (non-hydrogen) atoms. The Hall–Kier alpha value is -3.22. The van der Waals surface area contributed by atoms with Crippen molar-refractivity contribution < 1.29 is 9.59 Å². The molecule has 2 aromatic heterocycles. The van der Waals surface area contributed by atoms with Crippen molar-refractivity contribution in [1.29, 1.82) is 0 Å². The monoisotopic (exact) mass is 337 g/mol. The summed E-state index contributed by atoms with van der Waals surface area (Å²) in [7, 11) is 1.74. The minimum atomic E-state index is -0.166. The molecule has 1 aromatic carbocycles. The summed E-state index contributed by atoms with van der Waals surface area (Å²) in [5.74, 6) is -0.241. The smallest absolute Gasteiger partial charge is 0.270 e. The van der Waals surface area contributed by atoms with Crippen LogP contribution in [0.5, 0.6) is 0 Å². The number of ketones is 1. The molecule has 0 aliphatic rings. The van der Waals surface area contributed by atoms with E-state index in [9.17, 15) is 9.59 Å². The lowest BCUT2D eigenvalue weighted by molar-refractivity contribution is 0.0737. The highest BCUT2D eigenvalue weighted by Crippen LogP contribution is 2.22. The third-order valence-corrected chi connectivity index (χ3v) is 4.28. The van der Waals surface area contributed by atoms with E-state index in [1.165, 1.54) is 13.3 Å². The third kappa shape index (κ3) is 3.35. The van der Waals surface area contributed by atoms with Crippen LogP contribution in [0.1, 0.15) is 46.3 Å². The van der Waals surface area contributed by atoms with Crippen LogP contribution >= 0.6 is 0 Å². The van der Waals surface area contributed by atoms with Gasteiger partial charge in [0.05, 0.1) is 11.7 Å². The second kappa shape index (κ2) is 6.72. The minimum Gasteiger partial charge on any atom is -0.356 e. The zero-order valence-corrected chi connectivity index (χ0v) is 14.3. The number of benzene rings is 1. The van der Waals surface area contributed by atoms with Gasteiger partial charge < -0.3 is 9.88 Å². The SMILES string of the molecule is CC(=O)c1c[nH]c(C(=O)N(C)[C@@H](C)c2ccc(-n3cncn3)cc2)c1. The molecule has 7 heteroatoms. The highest BCUT2D eigenvalue weighted by atomic mass is 16.2. The molecule has 0 saturated carbocycles. The predicted molar refractivity (Wildman–Crippen MR) is 92.7 cm³/mol. The van der Waals surface area contributed by atoms with E-state index in [4.69, 9.17) is 0 Å². The summed E-state index contributed by atoms with van der Waals surface area (Å²) in [5, 5.41) is 4.09. The second-order valence-corrected chi connectivity index (χ2v) is 5.88. The number of hydrogen-bond acceptors (Lipinski definition) is 4. The molecule has 1 N–H and O–H groups in total. The fraction of sp³-hybridized carbons (Fsp3) is 0.222. The number of Topliss-reactive ketones (excluding diaryl/α,β-unsaturated/α-hetero) is 1. The molecular weight excluding hydrogens is 318 g/mol. The average molecular weight is 337 g/mol. The first kappa shape index (κ1) is 16.6. The number of rotatable bonds is 5. The van der Waals surface area contributed by atoms with Gasteiger partial charge in [0, 0.05) is 18.8 Å². The molecule has 0 aliphatic carbocycles. The standard InChI is InChI=1S/C18H19N5O2/c1-12(14-4-6-16(7-5-14)23-11-19-10-21-23)22(3)18(25)17-8-15(9-20-17)13(2)24/h4-12,20H,1-3H3/t12-/m0/s1. The Labute approximate surface area is 145 Å². The van der Waals surface area contributed by atoms with Gasteiger partial charge in [-0.25, -0.2) is 9.67 Å². The Balaban J connectivity index is 1.75. The highest BCUT2D eigenvalue weighted by Gasteiger charge is 2.20. The molecule has 0 spiro atoms. The van der Waals surface area contributed by atoms with E-state index in [0.29, 0.717) is 11.3 Å². The fourth-order valence-corrected chi connectivity index (χ4v) is 2.56. The topological polar surface area (TPSA) is 83.9 Å². The van der Waals surface area contributed by atoms with Crippen LogP contribution in [-0.4, -0.2) is 43.4 Å². The number of hydrogen-bond donors (Lipinski definition) is 1. The maximum atomic E-state index is 12.6. The number of aromatic nitrogens is 4. The molecule has 0 unspecified atom stereocenters.